The van der Waals surface area contributed by atoms with Crippen LogP contribution in [0.5, 0.6) is 5.75 Å². The zero-order valence-electron chi connectivity index (χ0n) is 10.6. The molecule has 2 aromatic carbocycles. The summed E-state index contributed by atoms with van der Waals surface area (Å²) in [5, 5.41) is 12.0. The first kappa shape index (κ1) is 15.5. The average molecular weight is 317 g/mol. The molecule has 2 rings (SSSR count). The third-order valence-electron chi connectivity index (χ3n) is 2.60. The van der Waals surface area contributed by atoms with Crippen molar-refractivity contribution in [2.75, 3.05) is 5.32 Å². The van der Waals surface area contributed by atoms with Crippen molar-refractivity contribution in [2.24, 2.45) is 0 Å². The van der Waals surface area contributed by atoms with Crippen molar-refractivity contribution in [3.05, 3.63) is 53.8 Å². The summed E-state index contributed by atoms with van der Waals surface area (Å²) in [4.78, 5) is 0.101. The molecule has 0 heterocycles. The topological polar surface area (TPSA) is 32.3 Å². The molecule has 0 bridgehead atoms. The van der Waals surface area contributed by atoms with Gasteiger partial charge < -0.3 is 10.4 Å². The van der Waals surface area contributed by atoms with E-state index in [2.05, 4.69) is 5.32 Å². The molecule has 0 unspecified atom stereocenters. The SMILES string of the molecule is Oc1ccc(CNc2ccc(SC(F)(F)F)cc2)cc1F. The molecule has 0 fully saturated rings. The minimum absolute atomic E-state index is 0.101. The number of phenolic OH excluding ortho intramolecular Hbond substituents is 1. The Hall–Kier alpha value is -1.89. The summed E-state index contributed by atoms with van der Waals surface area (Å²) in [6.45, 7) is 0.295. The zero-order chi connectivity index (χ0) is 15.5. The highest BCUT2D eigenvalue weighted by Crippen LogP contribution is 2.37. The molecule has 2 N–H and O–H groups in total. The Morgan fingerprint density at radius 3 is 2.29 bits per heavy atom. The number of rotatable bonds is 4. The van der Waals surface area contributed by atoms with Gasteiger partial charge in [-0.25, -0.2) is 4.39 Å². The highest BCUT2D eigenvalue weighted by molar-refractivity contribution is 8.00. The lowest BCUT2D eigenvalue weighted by Crippen LogP contribution is -2.01. The van der Waals surface area contributed by atoms with Crippen LogP contribution in [0.15, 0.2) is 47.4 Å². The van der Waals surface area contributed by atoms with Crippen molar-refractivity contribution in [3.8, 4) is 5.75 Å². The van der Waals surface area contributed by atoms with Gasteiger partial charge >= 0.3 is 5.51 Å². The predicted molar refractivity (Wildman–Crippen MR) is 73.7 cm³/mol. The largest absolute Gasteiger partial charge is 0.505 e. The molecule has 0 aliphatic carbocycles. The first-order chi connectivity index (χ1) is 9.83. The maximum atomic E-state index is 13.1. The van der Waals surface area contributed by atoms with Crippen LogP contribution in [0, 0.1) is 5.82 Å². The number of phenols is 1. The molecule has 2 aromatic rings. The standard InChI is InChI=1S/C14H11F4NOS/c15-12-7-9(1-6-13(12)20)8-19-10-2-4-11(5-3-10)21-14(16,17)18/h1-7,19-20H,8H2. The second kappa shape index (κ2) is 6.26. The van der Waals surface area contributed by atoms with E-state index >= 15 is 0 Å². The molecular formula is C14H11F4NOS. The van der Waals surface area contributed by atoms with Crippen LogP contribution in [-0.4, -0.2) is 10.6 Å². The molecule has 0 radical (unpaired) electrons. The Bertz CT molecular complexity index is 613. The molecule has 2 nitrogen and oxygen atoms in total. The van der Waals surface area contributed by atoms with E-state index in [4.69, 9.17) is 5.11 Å². The van der Waals surface area contributed by atoms with Crippen LogP contribution in [-0.2, 0) is 6.54 Å². The number of halogens is 4. The number of aromatic hydroxyl groups is 1. The monoisotopic (exact) mass is 317 g/mol. The summed E-state index contributed by atoms with van der Waals surface area (Å²) in [5.74, 6) is -1.14. The summed E-state index contributed by atoms with van der Waals surface area (Å²) < 4.78 is 49.6. The molecule has 0 aromatic heterocycles. The molecule has 21 heavy (non-hydrogen) atoms. The van der Waals surface area contributed by atoms with Gasteiger partial charge in [0.15, 0.2) is 11.6 Å². The number of benzene rings is 2. The van der Waals surface area contributed by atoms with E-state index in [9.17, 15) is 17.6 Å². The number of hydrogen-bond acceptors (Lipinski definition) is 3. The van der Waals surface area contributed by atoms with E-state index in [1.165, 1.54) is 36.4 Å². The van der Waals surface area contributed by atoms with Crippen molar-refractivity contribution in [2.45, 2.75) is 16.9 Å². The van der Waals surface area contributed by atoms with Gasteiger partial charge in [0.2, 0.25) is 0 Å². The van der Waals surface area contributed by atoms with Gasteiger partial charge in [0, 0.05) is 17.1 Å². The van der Waals surface area contributed by atoms with Crippen molar-refractivity contribution in [3.63, 3.8) is 0 Å². The summed E-state index contributed by atoms with van der Waals surface area (Å²) in [5.41, 5.74) is -3.08. The molecule has 0 saturated heterocycles. The highest BCUT2D eigenvalue weighted by Gasteiger charge is 2.28. The maximum absolute atomic E-state index is 13.1. The van der Waals surface area contributed by atoms with Crippen LogP contribution in [0.25, 0.3) is 0 Å². The van der Waals surface area contributed by atoms with Gasteiger partial charge in [0.25, 0.3) is 0 Å². The average Bonchev–Trinajstić information content (AvgIpc) is 2.40. The van der Waals surface area contributed by atoms with Crippen molar-refractivity contribution >= 4 is 17.4 Å². The fourth-order valence-corrected chi connectivity index (χ4v) is 2.18. The van der Waals surface area contributed by atoms with Gasteiger partial charge in [0.1, 0.15) is 0 Å². The molecule has 0 atom stereocenters. The van der Waals surface area contributed by atoms with Crippen LogP contribution in [0.4, 0.5) is 23.2 Å². The summed E-state index contributed by atoms with van der Waals surface area (Å²) >= 11 is -0.178. The highest BCUT2D eigenvalue weighted by atomic mass is 32.2. The Labute approximate surface area is 122 Å². The smallest absolute Gasteiger partial charge is 0.446 e. The predicted octanol–water partition coefficient (Wildman–Crippen LogP) is 4.76. The fraction of sp³-hybridized carbons (Fsp3) is 0.143. The molecule has 0 spiro atoms. The van der Waals surface area contributed by atoms with Crippen molar-refractivity contribution in [1.82, 2.24) is 0 Å². The molecule has 0 saturated carbocycles. The van der Waals surface area contributed by atoms with E-state index in [1.54, 1.807) is 6.07 Å². The Kier molecular flexibility index (Phi) is 4.62. The lowest BCUT2D eigenvalue weighted by atomic mass is 10.2. The van der Waals surface area contributed by atoms with Crippen LogP contribution in [0.1, 0.15) is 5.56 Å². The molecule has 0 aliphatic rings. The second-order valence-corrected chi connectivity index (χ2v) is 5.35. The fourth-order valence-electron chi connectivity index (χ4n) is 1.64. The van der Waals surface area contributed by atoms with Gasteiger partial charge in [-0.2, -0.15) is 13.2 Å². The first-order valence-corrected chi connectivity index (χ1v) is 6.72. The van der Waals surface area contributed by atoms with Crippen LogP contribution in [0.3, 0.4) is 0 Å². The third-order valence-corrected chi connectivity index (χ3v) is 3.34. The van der Waals surface area contributed by atoms with Crippen molar-refractivity contribution in [1.29, 1.82) is 0 Å². The number of alkyl halides is 3. The Morgan fingerprint density at radius 2 is 1.71 bits per heavy atom. The first-order valence-electron chi connectivity index (χ1n) is 5.90. The van der Waals surface area contributed by atoms with Crippen LogP contribution in [0.2, 0.25) is 0 Å². The minimum atomic E-state index is -4.31. The lowest BCUT2D eigenvalue weighted by molar-refractivity contribution is -0.0328. The van der Waals surface area contributed by atoms with Gasteiger partial charge in [-0.05, 0) is 53.7 Å². The van der Waals surface area contributed by atoms with E-state index in [1.807, 2.05) is 0 Å². The van der Waals surface area contributed by atoms with E-state index < -0.39 is 17.1 Å². The third kappa shape index (κ3) is 4.86. The molecule has 112 valence electrons. The Balaban J connectivity index is 1.96. The summed E-state index contributed by atoms with van der Waals surface area (Å²) in [6, 6.07) is 9.75. The molecular weight excluding hydrogens is 306 g/mol. The van der Waals surface area contributed by atoms with E-state index in [-0.39, 0.29) is 16.7 Å². The normalized spacial score (nSPS) is 11.4. The number of anilines is 1. The number of hydrogen-bond donors (Lipinski definition) is 2. The van der Waals surface area contributed by atoms with Gasteiger partial charge in [-0.15, -0.1) is 0 Å². The van der Waals surface area contributed by atoms with Crippen LogP contribution >= 0.6 is 11.8 Å². The molecule has 0 aliphatic heterocycles. The number of thioether (sulfide) groups is 1. The van der Waals surface area contributed by atoms with Gasteiger partial charge in [-0.1, -0.05) is 6.07 Å². The minimum Gasteiger partial charge on any atom is -0.505 e. The van der Waals surface area contributed by atoms with Gasteiger partial charge in [0.05, 0.1) is 0 Å². The number of nitrogens with one attached hydrogen (secondary N) is 1. The molecule has 7 heteroatoms. The molecule has 0 amide bonds. The van der Waals surface area contributed by atoms with E-state index in [0.29, 0.717) is 17.8 Å². The second-order valence-electron chi connectivity index (χ2n) is 4.21. The van der Waals surface area contributed by atoms with Gasteiger partial charge in [-0.3, -0.25) is 0 Å². The van der Waals surface area contributed by atoms with Crippen molar-refractivity contribution < 1.29 is 22.7 Å². The van der Waals surface area contributed by atoms with Crippen LogP contribution < -0.4 is 5.32 Å². The lowest BCUT2D eigenvalue weighted by Gasteiger charge is -2.09. The summed E-state index contributed by atoms with van der Waals surface area (Å²) in [6.07, 6.45) is 0. The zero-order valence-corrected chi connectivity index (χ0v) is 11.4. The van der Waals surface area contributed by atoms with E-state index in [0.717, 1.165) is 0 Å². The maximum Gasteiger partial charge on any atom is 0.446 e. The Morgan fingerprint density at radius 1 is 1.05 bits per heavy atom. The summed E-state index contributed by atoms with van der Waals surface area (Å²) in [7, 11) is 0. The quantitative estimate of drug-likeness (QED) is 0.630.